The number of ether oxygens (including phenoxy) is 1. The summed E-state index contributed by atoms with van der Waals surface area (Å²) in [5.74, 6) is 0.977. The lowest BCUT2D eigenvalue weighted by Gasteiger charge is -2.27. The lowest BCUT2D eigenvalue weighted by atomic mass is 9.83. The number of anilines is 1. The van der Waals surface area contributed by atoms with Gasteiger partial charge in [0.25, 0.3) is 0 Å². The van der Waals surface area contributed by atoms with Crippen molar-refractivity contribution in [1.82, 2.24) is 0 Å². The first-order valence-corrected chi connectivity index (χ1v) is 7.13. The molecule has 0 saturated heterocycles. The second-order valence-corrected chi connectivity index (χ2v) is 5.61. The van der Waals surface area contributed by atoms with Crippen molar-refractivity contribution in [2.24, 2.45) is 0 Å². The van der Waals surface area contributed by atoms with Crippen LogP contribution in [0.4, 0.5) is 5.69 Å². The summed E-state index contributed by atoms with van der Waals surface area (Å²) in [5, 5.41) is 2.99. The molecule has 3 heteroatoms. The van der Waals surface area contributed by atoms with E-state index in [0.717, 1.165) is 17.0 Å². The van der Waals surface area contributed by atoms with E-state index in [1.54, 1.807) is 7.11 Å². The molecule has 3 rings (SSSR count). The molecule has 0 bridgehead atoms. The van der Waals surface area contributed by atoms with Crippen LogP contribution in [0.25, 0.3) is 0 Å². The molecule has 0 radical (unpaired) electrons. The third-order valence-corrected chi connectivity index (χ3v) is 4.20. The standard InChI is InChI=1S/C18H19NO2/c1-11-7-16-15(13-5-4-6-14(9-13)21-3)10-18(20)19-17(16)8-12(11)2/h4-9,15H,10H2,1-3H3,(H,19,20). The molecule has 21 heavy (non-hydrogen) atoms. The summed E-state index contributed by atoms with van der Waals surface area (Å²) < 4.78 is 5.30. The topological polar surface area (TPSA) is 38.3 Å². The minimum absolute atomic E-state index is 0.0681. The predicted octanol–water partition coefficient (Wildman–Crippen LogP) is 3.79. The van der Waals surface area contributed by atoms with Gasteiger partial charge in [0.05, 0.1) is 7.11 Å². The number of hydrogen-bond donors (Lipinski definition) is 1. The third-order valence-electron chi connectivity index (χ3n) is 4.20. The van der Waals surface area contributed by atoms with Gasteiger partial charge in [-0.25, -0.2) is 0 Å². The fourth-order valence-corrected chi connectivity index (χ4v) is 2.89. The van der Waals surface area contributed by atoms with Crippen LogP contribution in [-0.2, 0) is 4.79 Å². The SMILES string of the molecule is COc1cccc(C2CC(=O)Nc3cc(C)c(C)cc32)c1. The van der Waals surface area contributed by atoms with Crippen LogP contribution in [0.3, 0.4) is 0 Å². The number of nitrogens with one attached hydrogen (secondary N) is 1. The molecule has 1 aliphatic rings. The number of methoxy groups -OCH3 is 1. The minimum Gasteiger partial charge on any atom is -0.497 e. The molecule has 0 saturated carbocycles. The van der Waals surface area contributed by atoms with Gasteiger partial charge in [-0.15, -0.1) is 0 Å². The molecular formula is C18H19NO2. The van der Waals surface area contributed by atoms with E-state index in [1.807, 2.05) is 18.2 Å². The summed E-state index contributed by atoms with van der Waals surface area (Å²) in [5.41, 5.74) is 5.68. The second kappa shape index (κ2) is 5.24. The van der Waals surface area contributed by atoms with E-state index >= 15 is 0 Å². The van der Waals surface area contributed by atoms with Crippen LogP contribution >= 0.6 is 0 Å². The minimum atomic E-state index is 0.0681. The summed E-state index contributed by atoms with van der Waals surface area (Å²) in [6.07, 6.45) is 0.475. The van der Waals surface area contributed by atoms with Crippen LogP contribution < -0.4 is 10.1 Å². The summed E-state index contributed by atoms with van der Waals surface area (Å²) >= 11 is 0. The van der Waals surface area contributed by atoms with Gasteiger partial charge in [0.2, 0.25) is 5.91 Å². The highest BCUT2D eigenvalue weighted by Crippen LogP contribution is 2.39. The van der Waals surface area contributed by atoms with E-state index in [4.69, 9.17) is 4.74 Å². The molecule has 0 aliphatic carbocycles. The number of rotatable bonds is 2. The smallest absolute Gasteiger partial charge is 0.225 e. The van der Waals surface area contributed by atoms with Crippen LogP contribution in [0, 0.1) is 13.8 Å². The van der Waals surface area contributed by atoms with E-state index in [-0.39, 0.29) is 11.8 Å². The first-order valence-electron chi connectivity index (χ1n) is 7.13. The molecule has 1 unspecified atom stereocenters. The Labute approximate surface area is 124 Å². The predicted molar refractivity (Wildman–Crippen MR) is 84.0 cm³/mol. The Morgan fingerprint density at radius 3 is 2.67 bits per heavy atom. The van der Waals surface area contributed by atoms with E-state index in [0.29, 0.717) is 6.42 Å². The molecule has 108 valence electrons. The molecule has 0 spiro atoms. The highest BCUT2D eigenvalue weighted by Gasteiger charge is 2.27. The van der Waals surface area contributed by atoms with Crippen LogP contribution in [0.1, 0.15) is 34.6 Å². The first-order chi connectivity index (χ1) is 10.1. The van der Waals surface area contributed by atoms with Crippen molar-refractivity contribution >= 4 is 11.6 Å². The Kier molecular flexibility index (Phi) is 3.42. The lowest BCUT2D eigenvalue weighted by molar-refractivity contribution is -0.116. The Balaban J connectivity index is 2.11. The van der Waals surface area contributed by atoms with E-state index in [2.05, 4.69) is 37.4 Å². The fourth-order valence-electron chi connectivity index (χ4n) is 2.89. The van der Waals surface area contributed by atoms with Crippen LogP contribution in [0.2, 0.25) is 0 Å². The fraction of sp³-hybridized carbons (Fsp3) is 0.278. The number of aryl methyl sites for hydroxylation is 2. The third kappa shape index (κ3) is 2.51. The van der Waals surface area contributed by atoms with Crippen LogP contribution in [0.15, 0.2) is 36.4 Å². The molecule has 2 aromatic carbocycles. The lowest BCUT2D eigenvalue weighted by Crippen LogP contribution is -2.23. The highest BCUT2D eigenvalue weighted by molar-refractivity contribution is 5.95. The normalized spacial score (nSPS) is 17.1. The van der Waals surface area contributed by atoms with Crippen molar-refractivity contribution in [1.29, 1.82) is 0 Å². The first kappa shape index (κ1) is 13.7. The van der Waals surface area contributed by atoms with Gasteiger partial charge in [-0.2, -0.15) is 0 Å². The van der Waals surface area contributed by atoms with Gasteiger partial charge in [0, 0.05) is 18.0 Å². The zero-order valence-electron chi connectivity index (χ0n) is 12.6. The van der Waals surface area contributed by atoms with Crippen molar-refractivity contribution in [2.75, 3.05) is 12.4 Å². The summed E-state index contributed by atoms with van der Waals surface area (Å²) in [4.78, 5) is 12.0. The Morgan fingerprint density at radius 2 is 1.90 bits per heavy atom. The molecule has 1 N–H and O–H groups in total. The molecule has 0 fully saturated rings. The van der Waals surface area contributed by atoms with Crippen molar-refractivity contribution in [3.63, 3.8) is 0 Å². The number of hydrogen-bond acceptors (Lipinski definition) is 2. The van der Waals surface area contributed by atoms with Crippen molar-refractivity contribution in [3.05, 3.63) is 58.7 Å². The van der Waals surface area contributed by atoms with Gasteiger partial charge in [0.1, 0.15) is 5.75 Å². The number of amides is 1. The average Bonchev–Trinajstić information content (AvgIpc) is 2.48. The van der Waals surface area contributed by atoms with E-state index in [9.17, 15) is 4.79 Å². The summed E-state index contributed by atoms with van der Waals surface area (Å²) in [6, 6.07) is 12.2. The number of fused-ring (bicyclic) bond motifs is 1. The van der Waals surface area contributed by atoms with Gasteiger partial charge < -0.3 is 10.1 Å². The molecule has 3 nitrogen and oxygen atoms in total. The molecule has 0 aromatic heterocycles. The number of benzene rings is 2. The largest absolute Gasteiger partial charge is 0.497 e. The molecule has 1 aliphatic heterocycles. The highest BCUT2D eigenvalue weighted by atomic mass is 16.5. The molecule has 2 aromatic rings. The van der Waals surface area contributed by atoms with Crippen molar-refractivity contribution < 1.29 is 9.53 Å². The summed E-state index contributed by atoms with van der Waals surface area (Å²) in [7, 11) is 1.66. The summed E-state index contributed by atoms with van der Waals surface area (Å²) in [6.45, 7) is 4.17. The van der Waals surface area contributed by atoms with Crippen LogP contribution in [-0.4, -0.2) is 13.0 Å². The zero-order chi connectivity index (χ0) is 15.0. The molecule has 1 heterocycles. The Hall–Kier alpha value is -2.29. The van der Waals surface area contributed by atoms with Gasteiger partial charge in [-0.1, -0.05) is 18.2 Å². The molecule has 1 atom stereocenters. The average molecular weight is 281 g/mol. The second-order valence-electron chi connectivity index (χ2n) is 5.61. The maximum atomic E-state index is 12.0. The van der Waals surface area contributed by atoms with Crippen molar-refractivity contribution in [3.8, 4) is 5.75 Å². The van der Waals surface area contributed by atoms with Gasteiger partial charge >= 0.3 is 0 Å². The quantitative estimate of drug-likeness (QED) is 0.909. The van der Waals surface area contributed by atoms with Crippen LogP contribution in [0.5, 0.6) is 5.75 Å². The molecule has 1 amide bonds. The Bertz CT molecular complexity index is 706. The van der Waals surface area contributed by atoms with E-state index in [1.165, 1.54) is 16.7 Å². The number of carbonyl (C=O) groups excluding carboxylic acids is 1. The monoisotopic (exact) mass is 281 g/mol. The molecular weight excluding hydrogens is 262 g/mol. The van der Waals surface area contributed by atoms with E-state index < -0.39 is 0 Å². The van der Waals surface area contributed by atoms with Gasteiger partial charge in [0.15, 0.2) is 0 Å². The Morgan fingerprint density at radius 1 is 1.14 bits per heavy atom. The number of carbonyl (C=O) groups is 1. The maximum Gasteiger partial charge on any atom is 0.225 e. The zero-order valence-corrected chi connectivity index (χ0v) is 12.6. The van der Waals surface area contributed by atoms with Gasteiger partial charge in [-0.3, -0.25) is 4.79 Å². The van der Waals surface area contributed by atoms with Gasteiger partial charge in [-0.05, 0) is 54.3 Å². The van der Waals surface area contributed by atoms with Crippen molar-refractivity contribution in [2.45, 2.75) is 26.2 Å². The maximum absolute atomic E-state index is 12.0.